The molecule has 1 aliphatic carbocycles. The maximum atomic E-state index is 6.00. The van der Waals surface area contributed by atoms with Crippen molar-refractivity contribution in [3.05, 3.63) is 35.9 Å². The van der Waals surface area contributed by atoms with Gasteiger partial charge >= 0.3 is 0 Å². The number of benzene rings is 1. The average molecular weight is 259 g/mol. The van der Waals surface area contributed by atoms with Crippen molar-refractivity contribution in [3.8, 4) is 0 Å². The summed E-state index contributed by atoms with van der Waals surface area (Å²) in [6.45, 7) is 6.65. The highest BCUT2D eigenvalue weighted by Crippen LogP contribution is 2.37. The first-order valence-electron chi connectivity index (χ1n) is 7.54. The van der Waals surface area contributed by atoms with Crippen molar-refractivity contribution >= 4 is 0 Å². The van der Waals surface area contributed by atoms with E-state index in [0.717, 1.165) is 13.1 Å². The molecule has 0 amide bonds. The summed E-state index contributed by atoms with van der Waals surface area (Å²) >= 11 is 0. The van der Waals surface area contributed by atoms with Crippen molar-refractivity contribution in [2.75, 3.05) is 32.7 Å². The lowest BCUT2D eigenvalue weighted by Gasteiger charge is -2.52. The van der Waals surface area contributed by atoms with Gasteiger partial charge in [0.05, 0.1) is 0 Å². The maximum absolute atomic E-state index is 6.00. The second kappa shape index (κ2) is 5.61. The van der Waals surface area contributed by atoms with Crippen molar-refractivity contribution in [1.29, 1.82) is 0 Å². The van der Waals surface area contributed by atoms with Crippen molar-refractivity contribution in [1.82, 2.24) is 9.80 Å². The Balaban J connectivity index is 1.52. The number of hydrogen-bond donors (Lipinski definition) is 1. The Morgan fingerprint density at radius 3 is 2.21 bits per heavy atom. The van der Waals surface area contributed by atoms with Crippen LogP contribution in [-0.2, 0) is 6.54 Å². The van der Waals surface area contributed by atoms with E-state index >= 15 is 0 Å². The lowest BCUT2D eigenvalue weighted by molar-refractivity contribution is -0.0140. The Kier molecular flexibility index (Phi) is 3.87. The van der Waals surface area contributed by atoms with Gasteiger partial charge in [-0.25, -0.2) is 0 Å². The summed E-state index contributed by atoms with van der Waals surface area (Å²) in [4.78, 5) is 5.21. The highest BCUT2D eigenvalue weighted by Gasteiger charge is 2.41. The quantitative estimate of drug-likeness (QED) is 0.893. The predicted octanol–water partition coefficient (Wildman–Crippen LogP) is 1.69. The van der Waals surface area contributed by atoms with E-state index in [1.807, 2.05) is 0 Å². The van der Waals surface area contributed by atoms with Gasteiger partial charge in [0.15, 0.2) is 0 Å². The van der Waals surface area contributed by atoms with E-state index in [0.29, 0.717) is 5.54 Å². The second-order valence-electron chi connectivity index (χ2n) is 6.03. The van der Waals surface area contributed by atoms with E-state index in [-0.39, 0.29) is 0 Å². The monoisotopic (exact) mass is 259 g/mol. The van der Waals surface area contributed by atoms with Crippen LogP contribution in [0.4, 0.5) is 0 Å². The molecule has 1 aliphatic heterocycles. The van der Waals surface area contributed by atoms with Gasteiger partial charge in [-0.1, -0.05) is 30.3 Å². The number of hydrogen-bond acceptors (Lipinski definition) is 3. The zero-order valence-electron chi connectivity index (χ0n) is 11.7. The number of nitrogens with zero attached hydrogens (tertiary/aromatic N) is 2. The molecule has 0 aromatic heterocycles. The van der Waals surface area contributed by atoms with Crippen LogP contribution in [0.3, 0.4) is 0 Å². The van der Waals surface area contributed by atoms with E-state index in [1.54, 1.807) is 0 Å². The molecule has 3 rings (SSSR count). The van der Waals surface area contributed by atoms with Crippen LogP contribution in [-0.4, -0.2) is 48.1 Å². The Bertz CT molecular complexity index is 386. The Hall–Kier alpha value is -0.900. The van der Waals surface area contributed by atoms with Crippen molar-refractivity contribution in [2.24, 2.45) is 5.73 Å². The summed E-state index contributed by atoms with van der Waals surface area (Å²) in [6.07, 6.45) is 3.98. The third-order valence-electron chi connectivity index (χ3n) is 4.96. The van der Waals surface area contributed by atoms with Gasteiger partial charge in [-0.2, -0.15) is 0 Å². The van der Waals surface area contributed by atoms with Crippen LogP contribution in [0, 0.1) is 0 Å². The molecule has 2 fully saturated rings. The first-order valence-corrected chi connectivity index (χ1v) is 7.54. The molecule has 0 unspecified atom stereocenters. The molecule has 1 saturated carbocycles. The molecule has 0 spiro atoms. The molecule has 1 aromatic carbocycles. The molecule has 3 nitrogen and oxygen atoms in total. The molecule has 3 heteroatoms. The van der Waals surface area contributed by atoms with Crippen LogP contribution in [0.5, 0.6) is 0 Å². The lowest BCUT2D eigenvalue weighted by Crippen LogP contribution is -2.63. The zero-order valence-corrected chi connectivity index (χ0v) is 11.7. The van der Waals surface area contributed by atoms with E-state index in [1.165, 1.54) is 51.0 Å². The number of piperazine rings is 1. The Labute approximate surface area is 116 Å². The van der Waals surface area contributed by atoms with Crippen LogP contribution >= 0.6 is 0 Å². The van der Waals surface area contributed by atoms with Gasteiger partial charge in [-0.3, -0.25) is 9.80 Å². The topological polar surface area (TPSA) is 32.5 Å². The minimum absolute atomic E-state index is 0.360. The fraction of sp³-hybridized carbons (Fsp3) is 0.625. The SMILES string of the molecule is NCC1(N2CCN(Cc3ccccc3)CC2)CCC1. The van der Waals surface area contributed by atoms with Crippen molar-refractivity contribution < 1.29 is 0 Å². The van der Waals surface area contributed by atoms with Gasteiger partial charge in [0.1, 0.15) is 0 Å². The Morgan fingerprint density at radius 2 is 1.68 bits per heavy atom. The summed E-state index contributed by atoms with van der Waals surface area (Å²) in [5.74, 6) is 0. The molecule has 2 N–H and O–H groups in total. The molecule has 1 saturated heterocycles. The molecular weight excluding hydrogens is 234 g/mol. The summed E-state index contributed by atoms with van der Waals surface area (Å²) in [5, 5.41) is 0. The van der Waals surface area contributed by atoms with Gasteiger partial charge in [0.2, 0.25) is 0 Å². The molecule has 1 aromatic rings. The summed E-state index contributed by atoms with van der Waals surface area (Å²) in [5.41, 5.74) is 7.79. The Morgan fingerprint density at radius 1 is 1.00 bits per heavy atom. The third-order valence-corrected chi connectivity index (χ3v) is 4.96. The highest BCUT2D eigenvalue weighted by molar-refractivity contribution is 5.14. The molecule has 2 aliphatic rings. The average Bonchev–Trinajstić information content (AvgIpc) is 2.41. The standard InChI is InChI=1S/C16H25N3/c17-14-16(7-4-8-16)19-11-9-18(10-12-19)13-15-5-2-1-3-6-15/h1-3,5-6H,4,7-14,17H2. The van der Waals surface area contributed by atoms with Crippen LogP contribution in [0.1, 0.15) is 24.8 Å². The molecular formula is C16H25N3. The smallest absolute Gasteiger partial charge is 0.0332 e. The summed E-state index contributed by atoms with van der Waals surface area (Å²) in [7, 11) is 0. The normalized spacial score (nSPS) is 24.1. The van der Waals surface area contributed by atoms with Gasteiger partial charge in [-0.15, -0.1) is 0 Å². The molecule has 0 atom stereocenters. The number of nitrogens with two attached hydrogens (primary N) is 1. The minimum atomic E-state index is 0.360. The lowest BCUT2D eigenvalue weighted by atomic mass is 9.75. The predicted molar refractivity (Wildman–Crippen MR) is 78.9 cm³/mol. The minimum Gasteiger partial charge on any atom is -0.329 e. The summed E-state index contributed by atoms with van der Waals surface area (Å²) in [6, 6.07) is 10.8. The third kappa shape index (κ3) is 2.69. The van der Waals surface area contributed by atoms with E-state index in [2.05, 4.69) is 40.1 Å². The molecule has 0 bridgehead atoms. The van der Waals surface area contributed by atoms with Crippen molar-refractivity contribution in [3.63, 3.8) is 0 Å². The first kappa shape index (κ1) is 13.1. The largest absolute Gasteiger partial charge is 0.329 e. The van der Waals surface area contributed by atoms with Gasteiger partial charge in [-0.05, 0) is 24.8 Å². The van der Waals surface area contributed by atoms with Gasteiger partial charge in [0, 0.05) is 44.8 Å². The van der Waals surface area contributed by atoms with E-state index in [4.69, 9.17) is 5.73 Å². The molecule has 1 heterocycles. The molecule has 104 valence electrons. The molecule has 19 heavy (non-hydrogen) atoms. The highest BCUT2D eigenvalue weighted by atomic mass is 15.3. The maximum Gasteiger partial charge on any atom is 0.0332 e. The zero-order chi connectivity index (χ0) is 13.1. The van der Waals surface area contributed by atoms with E-state index < -0.39 is 0 Å². The van der Waals surface area contributed by atoms with Crippen LogP contribution in [0.2, 0.25) is 0 Å². The van der Waals surface area contributed by atoms with Gasteiger partial charge in [0.25, 0.3) is 0 Å². The van der Waals surface area contributed by atoms with Crippen LogP contribution in [0.15, 0.2) is 30.3 Å². The van der Waals surface area contributed by atoms with Crippen LogP contribution < -0.4 is 5.73 Å². The molecule has 0 radical (unpaired) electrons. The first-order chi connectivity index (χ1) is 9.32. The van der Waals surface area contributed by atoms with Crippen molar-refractivity contribution in [2.45, 2.75) is 31.3 Å². The van der Waals surface area contributed by atoms with Gasteiger partial charge < -0.3 is 5.73 Å². The fourth-order valence-corrected chi connectivity index (χ4v) is 3.46. The van der Waals surface area contributed by atoms with E-state index in [9.17, 15) is 0 Å². The second-order valence-corrected chi connectivity index (χ2v) is 6.03. The van der Waals surface area contributed by atoms with Crippen LogP contribution in [0.25, 0.3) is 0 Å². The number of rotatable bonds is 4. The fourth-order valence-electron chi connectivity index (χ4n) is 3.46. The summed E-state index contributed by atoms with van der Waals surface area (Å²) < 4.78 is 0.